The maximum Gasteiger partial charge on any atom is 0.387 e. The average molecular weight is 456 g/mol. The Balaban J connectivity index is 1.59. The Morgan fingerprint density at radius 1 is 0.938 bits per heavy atom. The average Bonchev–Trinajstić information content (AvgIpc) is 3.14. The summed E-state index contributed by atoms with van der Waals surface area (Å²) in [6, 6.07) is 20.5. The molecule has 0 saturated heterocycles. The zero-order valence-corrected chi connectivity index (χ0v) is 17.4. The number of nitrogens with one attached hydrogen (secondary N) is 1. The smallest absolute Gasteiger partial charge is 0.387 e. The number of anilines is 1. The Bertz CT molecular complexity index is 1350. The van der Waals surface area contributed by atoms with Crippen molar-refractivity contribution in [1.82, 2.24) is 4.57 Å². The number of carbonyl (C=O) groups is 1. The molecule has 1 aromatic heterocycles. The second kappa shape index (κ2) is 8.80. The molecule has 4 rings (SSSR count). The maximum absolute atomic E-state index is 13.2. The number of carbonyl (C=O) groups excluding carboxylic acids is 1. The van der Waals surface area contributed by atoms with Crippen molar-refractivity contribution < 1.29 is 26.7 Å². The highest BCUT2D eigenvalue weighted by Gasteiger charge is 2.23. The van der Waals surface area contributed by atoms with Crippen LogP contribution in [0.25, 0.3) is 10.9 Å². The molecule has 0 aliphatic rings. The first kappa shape index (κ1) is 21.5. The van der Waals surface area contributed by atoms with Crippen LogP contribution in [0.1, 0.15) is 0 Å². The number of sulfone groups is 1. The van der Waals surface area contributed by atoms with E-state index in [2.05, 4.69) is 10.1 Å². The van der Waals surface area contributed by atoms with Crippen molar-refractivity contribution in [2.45, 2.75) is 22.9 Å². The van der Waals surface area contributed by atoms with Gasteiger partial charge in [0.2, 0.25) is 15.7 Å². The van der Waals surface area contributed by atoms with E-state index in [4.69, 9.17) is 0 Å². The van der Waals surface area contributed by atoms with Crippen LogP contribution in [-0.2, 0) is 21.2 Å². The molecule has 1 amide bonds. The van der Waals surface area contributed by atoms with E-state index in [1.54, 1.807) is 47.0 Å². The minimum Gasteiger partial charge on any atom is -0.435 e. The van der Waals surface area contributed by atoms with Crippen LogP contribution in [0.2, 0.25) is 0 Å². The zero-order valence-electron chi connectivity index (χ0n) is 16.6. The first-order valence-electron chi connectivity index (χ1n) is 9.57. The van der Waals surface area contributed by atoms with Crippen molar-refractivity contribution in [1.29, 1.82) is 0 Å². The van der Waals surface area contributed by atoms with Crippen LogP contribution < -0.4 is 10.1 Å². The molecule has 0 aliphatic heterocycles. The number of nitrogens with zero attached hydrogens (tertiary/aromatic N) is 1. The predicted octanol–water partition coefficient (Wildman–Crippen LogP) is 4.71. The van der Waals surface area contributed by atoms with Gasteiger partial charge in [-0.3, -0.25) is 4.79 Å². The van der Waals surface area contributed by atoms with Crippen LogP contribution in [0.3, 0.4) is 0 Å². The lowest BCUT2D eigenvalue weighted by atomic mass is 10.2. The molecule has 0 bridgehead atoms. The lowest BCUT2D eigenvalue weighted by Crippen LogP contribution is -2.18. The first-order valence-corrected chi connectivity index (χ1v) is 11.1. The minimum absolute atomic E-state index is 0.0230. The number of amides is 1. The standard InChI is InChI=1S/C23H18F2N2O4S/c24-23(25)31-17-12-10-16(11-13-17)26-22(28)15-27-14-21(19-8-4-5-9-20(19)27)32(29,30)18-6-2-1-3-7-18/h1-14,23H,15H2,(H,26,28). The molecule has 0 spiro atoms. The zero-order chi connectivity index (χ0) is 22.7. The SMILES string of the molecule is O=C(Cn1cc(S(=O)(=O)c2ccccc2)c2ccccc21)Nc1ccc(OC(F)F)cc1. The van der Waals surface area contributed by atoms with Crippen molar-refractivity contribution >= 4 is 32.3 Å². The second-order valence-electron chi connectivity index (χ2n) is 6.91. The lowest BCUT2D eigenvalue weighted by Gasteiger charge is -2.09. The third kappa shape index (κ3) is 4.47. The summed E-state index contributed by atoms with van der Waals surface area (Å²) >= 11 is 0. The first-order chi connectivity index (χ1) is 15.3. The van der Waals surface area contributed by atoms with E-state index in [0.29, 0.717) is 16.6 Å². The molecule has 3 aromatic carbocycles. The third-order valence-corrected chi connectivity index (χ3v) is 6.57. The van der Waals surface area contributed by atoms with Gasteiger partial charge >= 0.3 is 6.61 Å². The largest absolute Gasteiger partial charge is 0.435 e. The van der Waals surface area contributed by atoms with Crippen LogP contribution in [0.5, 0.6) is 5.75 Å². The maximum atomic E-state index is 13.2. The lowest BCUT2D eigenvalue weighted by molar-refractivity contribution is -0.116. The summed E-state index contributed by atoms with van der Waals surface area (Å²) in [6.45, 7) is -3.07. The molecule has 1 N–H and O–H groups in total. The second-order valence-corrected chi connectivity index (χ2v) is 8.82. The number of alkyl halides is 2. The molecular formula is C23H18F2N2O4S. The number of benzene rings is 3. The van der Waals surface area contributed by atoms with Gasteiger partial charge in [-0.1, -0.05) is 36.4 Å². The molecule has 1 heterocycles. The van der Waals surface area contributed by atoms with Gasteiger partial charge in [0.25, 0.3) is 0 Å². The van der Waals surface area contributed by atoms with Crippen LogP contribution in [0, 0.1) is 0 Å². The van der Waals surface area contributed by atoms with E-state index in [9.17, 15) is 22.0 Å². The predicted molar refractivity (Wildman–Crippen MR) is 116 cm³/mol. The number of aromatic nitrogens is 1. The van der Waals surface area contributed by atoms with E-state index >= 15 is 0 Å². The molecule has 32 heavy (non-hydrogen) atoms. The summed E-state index contributed by atoms with van der Waals surface area (Å²) in [7, 11) is -3.78. The molecule has 0 saturated carbocycles. The van der Waals surface area contributed by atoms with Gasteiger partial charge in [0.15, 0.2) is 0 Å². The van der Waals surface area contributed by atoms with E-state index < -0.39 is 22.4 Å². The van der Waals surface area contributed by atoms with Gasteiger partial charge < -0.3 is 14.6 Å². The van der Waals surface area contributed by atoms with E-state index in [1.807, 2.05) is 0 Å². The third-order valence-electron chi connectivity index (χ3n) is 4.77. The Hall–Kier alpha value is -3.72. The van der Waals surface area contributed by atoms with Crippen molar-refractivity contribution in [3.05, 3.63) is 85.1 Å². The molecule has 6 nitrogen and oxygen atoms in total. The van der Waals surface area contributed by atoms with Gasteiger partial charge in [-0.25, -0.2) is 8.42 Å². The number of para-hydroxylation sites is 1. The summed E-state index contributed by atoms with van der Waals surface area (Å²) in [4.78, 5) is 12.9. The van der Waals surface area contributed by atoms with Crippen molar-refractivity contribution in [2.24, 2.45) is 0 Å². The van der Waals surface area contributed by atoms with E-state index in [0.717, 1.165) is 0 Å². The molecule has 9 heteroatoms. The molecular weight excluding hydrogens is 438 g/mol. The molecule has 0 fully saturated rings. The van der Waals surface area contributed by atoms with Gasteiger partial charge in [-0.2, -0.15) is 8.78 Å². The van der Waals surface area contributed by atoms with Crippen LogP contribution in [0.4, 0.5) is 14.5 Å². The Morgan fingerprint density at radius 2 is 1.59 bits per heavy atom. The molecule has 0 aliphatic carbocycles. The highest BCUT2D eigenvalue weighted by atomic mass is 32.2. The Labute approximate surface area is 183 Å². The van der Waals surface area contributed by atoms with E-state index in [-0.39, 0.29) is 22.1 Å². The van der Waals surface area contributed by atoms with Crippen LogP contribution in [0.15, 0.2) is 94.9 Å². The fourth-order valence-corrected chi connectivity index (χ4v) is 4.86. The number of fused-ring (bicyclic) bond motifs is 1. The van der Waals surface area contributed by atoms with Gasteiger partial charge in [0, 0.05) is 22.8 Å². The molecule has 0 radical (unpaired) electrons. The number of hydrogen-bond donors (Lipinski definition) is 1. The summed E-state index contributed by atoms with van der Waals surface area (Å²) < 4.78 is 56.7. The van der Waals surface area contributed by atoms with E-state index in [1.165, 1.54) is 42.6 Å². The number of ether oxygens (including phenoxy) is 1. The topological polar surface area (TPSA) is 77.4 Å². The van der Waals surface area contributed by atoms with Crippen LogP contribution in [-0.4, -0.2) is 25.5 Å². The molecule has 0 unspecified atom stereocenters. The summed E-state index contributed by atoms with van der Waals surface area (Å²) in [5.74, 6) is -0.429. The van der Waals surface area contributed by atoms with Crippen molar-refractivity contribution in [3.8, 4) is 5.75 Å². The molecule has 164 valence electrons. The van der Waals surface area contributed by atoms with Gasteiger partial charge in [0.1, 0.15) is 12.3 Å². The number of rotatable bonds is 7. The van der Waals surface area contributed by atoms with Gasteiger partial charge in [0.05, 0.1) is 9.79 Å². The Kier molecular flexibility index (Phi) is 5.91. The Morgan fingerprint density at radius 3 is 2.28 bits per heavy atom. The number of hydrogen-bond acceptors (Lipinski definition) is 4. The molecule has 4 aromatic rings. The fourth-order valence-electron chi connectivity index (χ4n) is 3.36. The minimum atomic E-state index is -3.78. The highest BCUT2D eigenvalue weighted by Crippen LogP contribution is 2.30. The monoisotopic (exact) mass is 456 g/mol. The van der Waals surface area contributed by atoms with Crippen molar-refractivity contribution in [2.75, 3.05) is 5.32 Å². The summed E-state index contributed by atoms with van der Waals surface area (Å²) in [6.07, 6.45) is 1.45. The quantitative estimate of drug-likeness (QED) is 0.437. The van der Waals surface area contributed by atoms with Gasteiger partial charge in [-0.05, 0) is 42.5 Å². The van der Waals surface area contributed by atoms with Crippen LogP contribution >= 0.6 is 0 Å². The normalized spacial score (nSPS) is 11.6. The van der Waals surface area contributed by atoms with Crippen molar-refractivity contribution in [3.63, 3.8) is 0 Å². The summed E-state index contributed by atoms with van der Waals surface area (Å²) in [5.41, 5.74) is 0.989. The highest BCUT2D eigenvalue weighted by molar-refractivity contribution is 7.91. The number of halogens is 2. The van der Waals surface area contributed by atoms with Gasteiger partial charge in [-0.15, -0.1) is 0 Å². The summed E-state index contributed by atoms with van der Waals surface area (Å²) in [5, 5.41) is 3.17. The fraction of sp³-hybridized carbons (Fsp3) is 0.0870. The molecule has 0 atom stereocenters.